The van der Waals surface area contributed by atoms with Crippen LogP contribution in [0.1, 0.15) is 55.3 Å². The molecular formula is C20H29N3O3. The fraction of sp³-hybridized carbons (Fsp3) is 0.600. The highest BCUT2D eigenvalue weighted by Gasteiger charge is 2.21. The van der Waals surface area contributed by atoms with Gasteiger partial charge in [-0.15, -0.1) is 0 Å². The normalized spacial score (nSPS) is 17.8. The monoisotopic (exact) mass is 359 g/mol. The molecule has 0 spiro atoms. The summed E-state index contributed by atoms with van der Waals surface area (Å²) in [6.07, 6.45) is 7.89. The Hall–Kier alpha value is -2.24. The maximum atomic E-state index is 12.6. The first kappa shape index (κ1) is 18.5. The van der Waals surface area contributed by atoms with Gasteiger partial charge in [-0.1, -0.05) is 19.3 Å². The topological polar surface area (TPSA) is 70.7 Å². The van der Waals surface area contributed by atoms with E-state index in [1.165, 1.54) is 19.3 Å². The number of benzene rings is 1. The molecule has 3 rings (SSSR count). The van der Waals surface area contributed by atoms with Gasteiger partial charge in [0.25, 0.3) is 5.91 Å². The molecular weight excluding hydrogens is 330 g/mol. The molecule has 26 heavy (non-hydrogen) atoms. The van der Waals surface area contributed by atoms with E-state index < -0.39 is 0 Å². The van der Waals surface area contributed by atoms with Crippen LogP contribution < -0.4 is 15.4 Å². The summed E-state index contributed by atoms with van der Waals surface area (Å²) in [5.41, 5.74) is 1.30. The van der Waals surface area contributed by atoms with Crippen LogP contribution in [0.4, 0.5) is 5.69 Å². The second-order valence-corrected chi connectivity index (χ2v) is 7.17. The third-order valence-corrected chi connectivity index (χ3v) is 5.25. The average molecular weight is 359 g/mol. The number of carbonyl (C=O) groups is 2. The summed E-state index contributed by atoms with van der Waals surface area (Å²) < 4.78 is 5.37. The van der Waals surface area contributed by atoms with Crippen molar-refractivity contribution in [2.45, 2.75) is 51.0 Å². The van der Waals surface area contributed by atoms with E-state index in [-0.39, 0.29) is 18.4 Å². The molecule has 0 bridgehead atoms. The van der Waals surface area contributed by atoms with Gasteiger partial charge >= 0.3 is 0 Å². The molecule has 1 aliphatic carbocycles. The molecule has 1 heterocycles. The van der Waals surface area contributed by atoms with Crippen LogP contribution in [-0.4, -0.2) is 49.5 Å². The van der Waals surface area contributed by atoms with Crippen molar-refractivity contribution in [3.63, 3.8) is 0 Å². The Morgan fingerprint density at radius 1 is 1.12 bits per heavy atom. The zero-order valence-corrected chi connectivity index (χ0v) is 15.6. The Morgan fingerprint density at radius 3 is 2.54 bits per heavy atom. The predicted octanol–water partition coefficient (Wildman–Crippen LogP) is 2.79. The Labute approximate surface area is 155 Å². The first-order valence-corrected chi connectivity index (χ1v) is 9.68. The summed E-state index contributed by atoms with van der Waals surface area (Å²) in [5, 5.41) is 6.22. The lowest BCUT2D eigenvalue weighted by molar-refractivity contribution is -0.120. The standard InChI is InChI=1S/C20H29N3O3/c1-26-18-10-9-15(20(25)23-11-5-6-12-23)13-17(18)21-14-19(24)22-16-7-3-2-4-8-16/h9-10,13,16,21H,2-8,11-12,14H2,1H3,(H,22,24). The van der Waals surface area contributed by atoms with Crippen LogP contribution in [0.3, 0.4) is 0 Å². The fourth-order valence-electron chi connectivity index (χ4n) is 3.78. The van der Waals surface area contributed by atoms with Crippen LogP contribution in [0.25, 0.3) is 0 Å². The van der Waals surface area contributed by atoms with Gasteiger partial charge in [-0.25, -0.2) is 0 Å². The van der Waals surface area contributed by atoms with Crippen LogP contribution >= 0.6 is 0 Å². The molecule has 142 valence electrons. The van der Waals surface area contributed by atoms with Crippen LogP contribution in [-0.2, 0) is 4.79 Å². The first-order chi connectivity index (χ1) is 12.7. The average Bonchev–Trinajstić information content (AvgIpc) is 3.21. The maximum absolute atomic E-state index is 12.6. The second kappa shape index (κ2) is 8.92. The van der Waals surface area contributed by atoms with Crippen molar-refractivity contribution >= 4 is 17.5 Å². The molecule has 6 nitrogen and oxygen atoms in total. The molecule has 0 atom stereocenters. The third-order valence-electron chi connectivity index (χ3n) is 5.25. The smallest absolute Gasteiger partial charge is 0.253 e. The van der Waals surface area contributed by atoms with Crippen molar-refractivity contribution < 1.29 is 14.3 Å². The van der Waals surface area contributed by atoms with E-state index in [9.17, 15) is 9.59 Å². The third kappa shape index (κ3) is 4.68. The Bertz CT molecular complexity index is 635. The number of nitrogens with zero attached hydrogens (tertiary/aromatic N) is 1. The molecule has 2 amide bonds. The van der Waals surface area contributed by atoms with Gasteiger partial charge in [-0.05, 0) is 43.9 Å². The Morgan fingerprint density at radius 2 is 1.85 bits per heavy atom. The summed E-state index contributed by atoms with van der Waals surface area (Å²) in [6.45, 7) is 1.81. The van der Waals surface area contributed by atoms with E-state index in [4.69, 9.17) is 4.74 Å². The predicted molar refractivity (Wildman–Crippen MR) is 102 cm³/mol. The molecule has 1 aromatic rings. The summed E-state index contributed by atoms with van der Waals surface area (Å²) in [6, 6.07) is 5.65. The number of ether oxygens (including phenoxy) is 1. The molecule has 1 aliphatic heterocycles. The quantitative estimate of drug-likeness (QED) is 0.819. The number of anilines is 1. The highest BCUT2D eigenvalue weighted by molar-refractivity contribution is 5.96. The fourth-order valence-corrected chi connectivity index (χ4v) is 3.78. The van der Waals surface area contributed by atoms with Crippen LogP contribution in [0.2, 0.25) is 0 Å². The zero-order chi connectivity index (χ0) is 18.4. The molecule has 1 saturated heterocycles. The van der Waals surface area contributed by atoms with Crippen molar-refractivity contribution in [2.24, 2.45) is 0 Å². The number of amides is 2. The molecule has 2 aliphatic rings. The zero-order valence-electron chi connectivity index (χ0n) is 15.6. The van der Waals surface area contributed by atoms with Crippen molar-refractivity contribution in [3.05, 3.63) is 23.8 Å². The molecule has 2 fully saturated rings. The number of hydrogen-bond acceptors (Lipinski definition) is 4. The minimum atomic E-state index is -0.0183. The number of methoxy groups -OCH3 is 1. The van der Waals surface area contributed by atoms with Crippen molar-refractivity contribution in [2.75, 3.05) is 32.1 Å². The van der Waals surface area contributed by atoms with Crippen molar-refractivity contribution in [3.8, 4) is 5.75 Å². The molecule has 0 unspecified atom stereocenters. The lowest BCUT2D eigenvalue weighted by atomic mass is 9.95. The molecule has 1 saturated carbocycles. The SMILES string of the molecule is COc1ccc(C(=O)N2CCCC2)cc1NCC(=O)NC1CCCCC1. The van der Waals surface area contributed by atoms with Crippen LogP contribution in [0, 0.1) is 0 Å². The van der Waals surface area contributed by atoms with Gasteiger partial charge in [-0.2, -0.15) is 0 Å². The van der Waals surface area contributed by atoms with E-state index in [1.54, 1.807) is 25.3 Å². The van der Waals surface area contributed by atoms with Gasteiger partial charge in [-0.3, -0.25) is 9.59 Å². The lowest BCUT2D eigenvalue weighted by Gasteiger charge is -2.23. The van der Waals surface area contributed by atoms with Gasteiger partial charge in [0.05, 0.1) is 19.3 Å². The molecule has 0 radical (unpaired) electrons. The number of nitrogens with one attached hydrogen (secondary N) is 2. The number of hydrogen-bond donors (Lipinski definition) is 2. The van der Waals surface area contributed by atoms with Gasteiger partial charge < -0.3 is 20.3 Å². The van der Waals surface area contributed by atoms with E-state index in [0.717, 1.165) is 38.8 Å². The highest BCUT2D eigenvalue weighted by Crippen LogP contribution is 2.26. The highest BCUT2D eigenvalue weighted by atomic mass is 16.5. The molecule has 2 N–H and O–H groups in total. The van der Waals surface area contributed by atoms with E-state index in [2.05, 4.69) is 10.6 Å². The summed E-state index contributed by atoms with van der Waals surface area (Å²) >= 11 is 0. The first-order valence-electron chi connectivity index (χ1n) is 9.68. The van der Waals surface area contributed by atoms with Gasteiger partial charge in [0.15, 0.2) is 0 Å². The Kier molecular flexibility index (Phi) is 6.36. The van der Waals surface area contributed by atoms with Gasteiger partial charge in [0.1, 0.15) is 5.75 Å². The summed E-state index contributed by atoms with van der Waals surface area (Å²) in [5.74, 6) is 0.656. The largest absolute Gasteiger partial charge is 0.495 e. The number of rotatable bonds is 6. The van der Waals surface area contributed by atoms with Crippen molar-refractivity contribution in [1.29, 1.82) is 0 Å². The van der Waals surface area contributed by atoms with Crippen molar-refractivity contribution in [1.82, 2.24) is 10.2 Å². The van der Waals surface area contributed by atoms with E-state index in [1.807, 2.05) is 4.90 Å². The minimum absolute atomic E-state index is 0.0183. The Balaban J connectivity index is 1.60. The molecule has 1 aromatic carbocycles. The second-order valence-electron chi connectivity index (χ2n) is 7.17. The lowest BCUT2D eigenvalue weighted by Crippen LogP contribution is -2.39. The molecule has 6 heteroatoms. The minimum Gasteiger partial charge on any atom is -0.495 e. The summed E-state index contributed by atoms with van der Waals surface area (Å²) in [4.78, 5) is 26.7. The van der Waals surface area contributed by atoms with E-state index >= 15 is 0 Å². The molecule has 0 aromatic heterocycles. The van der Waals surface area contributed by atoms with E-state index in [0.29, 0.717) is 23.0 Å². The van der Waals surface area contributed by atoms with Gasteiger partial charge in [0, 0.05) is 24.7 Å². The summed E-state index contributed by atoms with van der Waals surface area (Å²) in [7, 11) is 1.59. The van der Waals surface area contributed by atoms with Gasteiger partial charge in [0.2, 0.25) is 5.91 Å². The van der Waals surface area contributed by atoms with Crippen LogP contribution in [0.15, 0.2) is 18.2 Å². The maximum Gasteiger partial charge on any atom is 0.253 e. The number of carbonyl (C=O) groups excluding carboxylic acids is 2. The van der Waals surface area contributed by atoms with Crippen LogP contribution in [0.5, 0.6) is 5.75 Å². The number of likely N-dealkylation sites (tertiary alicyclic amines) is 1.